The van der Waals surface area contributed by atoms with Gasteiger partial charge in [-0.2, -0.15) is 0 Å². The Balaban J connectivity index is 1.31. The van der Waals surface area contributed by atoms with E-state index in [0.717, 1.165) is 63.5 Å². The van der Waals surface area contributed by atoms with Crippen LogP contribution in [0.3, 0.4) is 0 Å². The van der Waals surface area contributed by atoms with Gasteiger partial charge in [0.15, 0.2) is 0 Å². The van der Waals surface area contributed by atoms with Crippen LogP contribution in [-0.4, -0.2) is 56.4 Å². The number of morpholine rings is 1. The Morgan fingerprint density at radius 2 is 1.88 bits per heavy atom. The molecule has 6 heteroatoms. The molecule has 0 aromatic heterocycles. The predicted molar refractivity (Wildman–Crippen MR) is 98.2 cm³/mol. The molecule has 1 aromatic carbocycles. The summed E-state index contributed by atoms with van der Waals surface area (Å²) in [4.78, 5) is 14.3. The SMILES string of the molecule is O=C(NCCCN1CCOCC1)Nc1ccc(OC2CCCC2)cc1. The van der Waals surface area contributed by atoms with Crippen LogP contribution >= 0.6 is 0 Å². The first-order valence-corrected chi connectivity index (χ1v) is 9.41. The Kier molecular flexibility index (Phi) is 6.94. The minimum Gasteiger partial charge on any atom is -0.490 e. The predicted octanol–water partition coefficient (Wildman–Crippen LogP) is 2.85. The first kappa shape index (κ1) is 18.0. The van der Waals surface area contributed by atoms with Crippen LogP contribution in [0, 0.1) is 0 Å². The van der Waals surface area contributed by atoms with E-state index in [4.69, 9.17) is 9.47 Å². The third kappa shape index (κ3) is 6.21. The van der Waals surface area contributed by atoms with Gasteiger partial charge in [-0.25, -0.2) is 4.79 Å². The molecule has 1 aliphatic heterocycles. The van der Waals surface area contributed by atoms with Gasteiger partial charge in [0.1, 0.15) is 5.75 Å². The van der Waals surface area contributed by atoms with Crippen LogP contribution in [0.5, 0.6) is 5.75 Å². The number of nitrogens with one attached hydrogen (secondary N) is 2. The average Bonchev–Trinajstić information content (AvgIpc) is 3.14. The second kappa shape index (κ2) is 9.63. The number of nitrogens with zero attached hydrogens (tertiary/aromatic N) is 1. The number of ether oxygens (including phenoxy) is 2. The lowest BCUT2D eigenvalue weighted by atomic mass is 10.3. The van der Waals surface area contributed by atoms with Crippen molar-refractivity contribution in [2.24, 2.45) is 0 Å². The number of hydrogen-bond acceptors (Lipinski definition) is 4. The maximum absolute atomic E-state index is 11.9. The molecular formula is C19H29N3O3. The van der Waals surface area contributed by atoms with Gasteiger partial charge in [0, 0.05) is 25.3 Å². The second-order valence-corrected chi connectivity index (χ2v) is 6.74. The topological polar surface area (TPSA) is 62.8 Å². The summed E-state index contributed by atoms with van der Waals surface area (Å²) in [6.07, 6.45) is 6.11. The van der Waals surface area contributed by atoms with Gasteiger partial charge in [-0.05, 0) is 62.9 Å². The van der Waals surface area contributed by atoms with Gasteiger partial charge in [-0.3, -0.25) is 4.90 Å². The molecule has 6 nitrogen and oxygen atoms in total. The summed E-state index contributed by atoms with van der Waals surface area (Å²) >= 11 is 0. The van der Waals surface area contributed by atoms with Gasteiger partial charge in [0.05, 0.1) is 19.3 Å². The molecule has 1 aliphatic carbocycles. The highest BCUT2D eigenvalue weighted by atomic mass is 16.5. The zero-order valence-corrected chi connectivity index (χ0v) is 14.8. The Labute approximate surface area is 149 Å². The molecule has 0 bridgehead atoms. The molecule has 1 saturated carbocycles. The van der Waals surface area contributed by atoms with Crippen LogP contribution in [-0.2, 0) is 4.74 Å². The number of urea groups is 1. The summed E-state index contributed by atoms with van der Waals surface area (Å²) in [5, 5.41) is 5.77. The summed E-state index contributed by atoms with van der Waals surface area (Å²) in [5.41, 5.74) is 0.782. The van der Waals surface area contributed by atoms with Crippen molar-refractivity contribution in [3.05, 3.63) is 24.3 Å². The minimum absolute atomic E-state index is 0.161. The smallest absolute Gasteiger partial charge is 0.319 e. The lowest BCUT2D eigenvalue weighted by molar-refractivity contribution is 0.0375. The molecule has 2 fully saturated rings. The molecule has 2 amide bonds. The molecule has 138 valence electrons. The Bertz CT molecular complexity index is 523. The number of amides is 2. The molecule has 0 unspecified atom stereocenters. The normalized spacial score (nSPS) is 18.9. The molecule has 25 heavy (non-hydrogen) atoms. The van der Waals surface area contributed by atoms with E-state index in [9.17, 15) is 4.79 Å². The van der Waals surface area contributed by atoms with E-state index in [2.05, 4.69) is 15.5 Å². The van der Waals surface area contributed by atoms with E-state index in [1.807, 2.05) is 24.3 Å². The van der Waals surface area contributed by atoms with E-state index in [0.29, 0.717) is 12.6 Å². The van der Waals surface area contributed by atoms with E-state index in [1.54, 1.807) is 0 Å². The molecule has 0 radical (unpaired) electrons. The van der Waals surface area contributed by atoms with Crippen molar-refractivity contribution in [2.75, 3.05) is 44.7 Å². The van der Waals surface area contributed by atoms with Crippen molar-refractivity contribution in [3.63, 3.8) is 0 Å². The van der Waals surface area contributed by atoms with Crippen molar-refractivity contribution in [3.8, 4) is 5.75 Å². The highest BCUT2D eigenvalue weighted by Gasteiger charge is 2.16. The third-order valence-electron chi connectivity index (χ3n) is 4.76. The first-order valence-electron chi connectivity index (χ1n) is 9.41. The van der Waals surface area contributed by atoms with E-state index in [1.165, 1.54) is 12.8 Å². The van der Waals surface area contributed by atoms with Crippen LogP contribution in [0.2, 0.25) is 0 Å². The molecule has 2 N–H and O–H groups in total. The zero-order chi connectivity index (χ0) is 17.3. The Hall–Kier alpha value is -1.79. The standard InChI is InChI=1S/C19H29N3O3/c23-19(20-10-3-11-22-12-14-24-15-13-22)21-16-6-8-18(9-7-16)25-17-4-1-2-5-17/h6-9,17H,1-5,10-15H2,(H2,20,21,23). The molecule has 1 aromatic rings. The molecule has 2 aliphatic rings. The lowest BCUT2D eigenvalue weighted by Gasteiger charge is -2.26. The number of rotatable bonds is 7. The second-order valence-electron chi connectivity index (χ2n) is 6.74. The molecular weight excluding hydrogens is 318 g/mol. The van der Waals surface area contributed by atoms with Crippen LogP contribution in [0.25, 0.3) is 0 Å². The maximum atomic E-state index is 11.9. The molecule has 0 spiro atoms. The number of anilines is 1. The fourth-order valence-electron chi connectivity index (χ4n) is 3.32. The van der Waals surface area contributed by atoms with Crippen LogP contribution in [0.15, 0.2) is 24.3 Å². The highest BCUT2D eigenvalue weighted by Crippen LogP contribution is 2.24. The van der Waals surface area contributed by atoms with E-state index >= 15 is 0 Å². The lowest BCUT2D eigenvalue weighted by Crippen LogP contribution is -2.38. The van der Waals surface area contributed by atoms with Crippen LogP contribution in [0.4, 0.5) is 10.5 Å². The summed E-state index contributed by atoms with van der Waals surface area (Å²) in [7, 11) is 0. The van der Waals surface area contributed by atoms with Crippen molar-refractivity contribution < 1.29 is 14.3 Å². The van der Waals surface area contributed by atoms with Gasteiger partial charge in [-0.15, -0.1) is 0 Å². The zero-order valence-electron chi connectivity index (χ0n) is 14.8. The van der Waals surface area contributed by atoms with E-state index < -0.39 is 0 Å². The van der Waals surface area contributed by atoms with Gasteiger partial charge >= 0.3 is 6.03 Å². The van der Waals surface area contributed by atoms with Crippen molar-refractivity contribution in [1.82, 2.24) is 10.2 Å². The third-order valence-corrected chi connectivity index (χ3v) is 4.76. The highest BCUT2D eigenvalue weighted by molar-refractivity contribution is 5.89. The summed E-state index contributed by atoms with van der Waals surface area (Å²) in [5.74, 6) is 0.878. The fourth-order valence-corrected chi connectivity index (χ4v) is 3.32. The minimum atomic E-state index is -0.161. The molecule has 3 rings (SSSR count). The van der Waals surface area contributed by atoms with Crippen LogP contribution in [0.1, 0.15) is 32.1 Å². The number of carbonyl (C=O) groups excluding carboxylic acids is 1. The average molecular weight is 347 g/mol. The first-order chi connectivity index (χ1) is 12.3. The number of carbonyl (C=O) groups is 1. The van der Waals surface area contributed by atoms with Gasteiger partial charge < -0.3 is 20.1 Å². The molecule has 0 atom stereocenters. The number of hydrogen-bond donors (Lipinski definition) is 2. The Morgan fingerprint density at radius 1 is 1.16 bits per heavy atom. The summed E-state index contributed by atoms with van der Waals surface area (Å²) < 4.78 is 11.3. The van der Waals surface area contributed by atoms with Gasteiger partial charge in [-0.1, -0.05) is 0 Å². The maximum Gasteiger partial charge on any atom is 0.319 e. The summed E-state index contributed by atoms with van der Waals surface area (Å²) in [6.45, 7) is 5.27. The van der Waals surface area contributed by atoms with Crippen molar-refractivity contribution in [2.45, 2.75) is 38.2 Å². The molecule has 1 heterocycles. The fraction of sp³-hybridized carbons (Fsp3) is 0.632. The number of benzene rings is 1. The van der Waals surface area contributed by atoms with E-state index in [-0.39, 0.29) is 6.03 Å². The van der Waals surface area contributed by atoms with Gasteiger partial charge in [0.25, 0.3) is 0 Å². The monoisotopic (exact) mass is 347 g/mol. The summed E-state index contributed by atoms with van der Waals surface area (Å²) in [6, 6.07) is 7.46. The van der Waals surface area contributed by atoms with Gasteiger partial charge in [0.2, 0.25) is 0 Å². The largest absolute Gasteiger partial charge is 0.490 e. The quantitative estimate of drug-likeness (QED) is 0.745. The Morgan fingerprint density at radius 3 is 2.60 bits per heavy atom. The van der Waals surface area contributed by atoms with Crippen molar-refractivity contribution in [1.29, 1.82) is 0 Å². The van der Waals surface area contributed by atoms with Crippen molar-refractivity contribution >= 4 is 11.7 Å². The van der Waals surface area contributed by atoms with Crippen LogP contribution < -0.4 is 15.4 Å². The molecule has 1 saturated heterocycles.